The number of carbonyl (C=O) groups is 1. The van der Waals surface area contributed by atoms with Gasteiger partial charge in [0, 0.05) is 24.5 Å². The van der Waals surface area contributed by atoms with Crippen LogP contribution in [0.4, 0.5) is 0 Å². The second-order valence-corrected chi connectivity index (χ2v) is 6.87. The van der Waals surface area contributed by atoms with Crippen LogP contribution in [0, 0.1) is 0 Å². The van der Waals surface area contributed by atoms with Crippen LogP contribution in [0.3, 0.4) is 0 Å². The minimum absolute atomic E-state index is 0.0983. The maximum Gasteiger partial charge on any atom is 0.278 e. The lowest BCUT2D eigenvalue weighted by atomic mass is 10.1. The molecule has 5 heteroatoms. The minimum Gasteiger partial charge on any atom is -0.431 e. The molecule has 134 valence electrons. The van der Waals surface area contributed by atoms with Crippen LogP contribution in [0.1, 0.15) is 30.4 Å². The zero-order valence-corrected chi connectivity index (χ0v) is 15.4. The monoisotopic (exact) mass is 366 g/mol. The van der Waals surface area contributed by atoms with Crippen LogP contribution in [0.2, 0.25) is 0 Å². The number of unbranched alkanes of at least 4 members (excludes halogenated alkanes) is 1. The molecule has 1 N–H and O–H groups in total. The van der Waals surface area contributed by atoms with Gasteiger partial charge in [-0.15, -0.1) is 0 Å². The summed E-state index contributed by atoms with van der Waals surface area (Å²) in [5, 5.41) is 5.47. The van der Waals surface area contributed by atoms with Gasteiger partial charge in [0.15, 0.2) is 0 Å². The molecule has 0 saturated heterocycles. The molecule has 0 aliphatic carbocycles. The molecule has 0 atom stereocenters. The van der Waals surface area contributed by atoms with E-state index in [0.29, 0.717) is 18.2 Å². The number of hydrogen-bond donors (Lipinski definition) is 1. The van der Waals surface area contributed by atoms with E-state index in [0.717, 1.165) is 30.6 Å². The molecule has 3 aromatic rings. The molecule has 0 radical (unpaired) electrons. The predicted octanol–water partition coefficient (Wildman–Crippen LogP) is 4.96. The highest BCUT2D eigenvalue weighted by atomic mass is 32.1. The highest BCUT2D eigenvalue weighted by Gasteiger charge is 2.03. The predicted molar refractivity (Wildman–Crippen MR) is 104 cm³/mol. The van der Waals surface area contributed by atoms with E-state index >= 15 is 0 Å². The number of amides is 1. The fraction of sp³-hybridized carbons (Fsp3) is 0.238. The Labute approximate surface area is 157 Å². The van der Waals surface area contributed by atoms with Crippen molar-refractivity contribution < 1.29 is 9.53 Å². The van der Waals surface area contributed by atoms with Crippen LogP contribution in [0.15, 0.2) is 66.2 Å². The van der Waals surface area contributed by atoms with E-state index in [-0.39, 0.29) is 5.91 Å². The lowest BCUT2D eigenvalue weighted by Crippen LogP contribution is -2.22. The summed E-state index contributed by atoms with van der Waals surface area (Å²) in [4.78, 5) is 16.1. The molecule has 1 aromatic heterocycles. The van der Waals surface area contributed by atoms with Gasteiger partial charge >= 0.3 is 0 Å². The van der Waals surface area contributed by atoms with Crippen LogP contribution in [0.25, 0.3) is 0 Å². The molecular formula is C21H22N2O2S. The Hall–Kier alpha value is -2.66. The number of carbonyl (C=O) groups excluding carboxylic acids is 1. The van der Waals surface area contributed by atoms with Gasteiger partial charge in [0.05, 0.1) is 0 Å². The van der Waals surface area contributed by atoms with Gasteiger partial charge in [-0.3, -0.25) is 4.79 Å². The van der Waals surface area contributed by atoms with E-state index in [2.05, 4.69) is 34.6 Å². The summed E-state index contributed by atoms with van der Waals surface area (Å²) in [5.41, 5.74) is 2.38. The number of aromatic nitrogens is 1. The second kappa shape index (κ2) is 9.73. The summed E-state index contributed by atoms with van der Waals surface area (Å²) in [7, 11) is 0. The number of benzene rings is 2. The number of rotatable bonds is 9. The SMILES string of the molecule is O=C(CCCCc1ccccc1)NCc1ccc(Oc2nccs2)cc1. The fourth-order valence-electron chi connectivity index (χ4n) is 2.59. The molecule has 1 amide bonds. The van der Waals surface area contributed by atoms with Crippen molar-refractivity contribution in [3.63, 3.8) is 0 Å². The summed E-state index contributed by atoms with van der Waals surface area (Å²) in [6.07, 6.45) is 5.23. The van der Waals surface area contributed by atoms with Crippen molar-refractivity contribution in [3.8, 4) is 10.9 Å². The van der Waals surface area contributed by atoms with Crippen LogP contribution in [-0.2, 0) is 17.8 Å². The van der Waals surface area contributed by atoms with Crippen LogP contribution in [-0.4, -0.2) is 10.9 Å². The van der Waals surface area contributed by atoms with Gasteiger partial charge in [-0.1, -0.05) is 53.8 Å². The van der Waals surface area contributed by atoms with Gasteiger partial charge in [0.25, 0.3) is 5.19 Å². The van der Waals surface area contributed by atoms with Gasteiger partial charge < -0.3 is 10.1 Å². The molecule has 26 heavy (non-hydrogen) atoms. The molecule has 1 heterocycles. The molecule has 4 nitrogen and oxygen atoms in total. The second-order valence-electron chi connectivity index (χ2n) is 6.01. The highest BCUT2D eigenvalue weighted by molar-refractivity contribution is 7.11. The fourth-order valence-corrected chi connectivity index (χ4v) is 3.09. The summed E-state index contributed by atoms with van der Waals surface area (Å²) in [6.45, 7) is 0.537. The molecular weight excluding hydrogens is 344 g/mol. The average Bonchev–Trinajstić information content (AvgIpc) is 3.19. The third-order valence-electron chi connectivity index (χ3n) is 3.99. The topological polar surface area (TPSA) is 51.2 Å². The highest BCUT2D eigenvalue weighted by Crippen LogP contribution is 2.23. The number of thiazole rings is 1. The van der Waals surface area contributed by atoms with Crippen molar-refractivity contribution in [2.75, 3.05) is 0 Å². The largest absolute Gasteiger partial charge is 0.431 e. The first-order valence-corrected chi connectivity index (χ1v) is 9.64. The van der Waals surface area contributed by atoms with Crippen LogP contribution < -0.4 is 10.1 Å². The first kappa shape index (κ1) is 18.1. The van der Waals surface area contributed by atoms with E-state index in [1.165, 1.54) is 16.9 Å². The number of nitrogens with one attached hydrogen (secondary N) is 1. The Balaban J connectivity index is 1.33. The van der Waals surface area contributed by atoms with Gasteiger partial charge in [-0.05, 0) is 42.5 Å². The van der Waals surface area contributed by atoms with Gasteiger partial charge in [-0.25, -0.2) is 4.98 Å². The normalized spacial score (nSPS) is 10.5. The Morgan fingerprint density at radius 3 is 2.54 bits per heavy atom. The molecule has 2 aromatic carbocycles. The standard InChI is InChI=1S/C21H22N2O2S/c24-20(9-5-4-8-17-6-2-1-3-7-17)23-16-18-10-12-19(13-11-18)25-21-22-14-15-26-21/h1-3,6-7,10-15H,4-5,8-9,16H2,(H,23,24). The summed E-state index contributed by atoms with van der Waals surface area (Å²) < 4.78 is 5.62. The molecule has 0 saturated carbocycles. The molecule has 0 spiro atoms. The van der Waals surface area contributed by atoms with Gasteiger partial charge in [0.2, 0.25) is 5.91 Å². The van der Waals surface area contributed by atoms with Crippen molar-refractivity contribution in [3.05, 3.63) is 77.3 Å². The lowest BCUT2D eigenvalue weighted by molar-refractivity contribution is -0.121. The summed E-state index contributed by atoms with van der Waals surface area (Å²) >= 11 is 1.45. The number of hydrogen-bond acceptors (Lipinski definition) is 4. The van der Waals surface area contributed by atoms with Crippen molar-refractivity contribution in [1.29, 1.82) is 0 Å². The molecule has 0 fully saturated rings. The molecule has 0 unspecified atom stereocenters. The summed E-state index contributed by atoms with van der Waals surface area (Å²) in [6, 6.07) is 18.1. The first-order chi connectivity index (χ1) is 12.8. The number of nitrogens with zero attached hydrogens (tertiary/aromatic N) is 1. The van der Waals surface area contributed by atoms with E-state index in [4.69, 9.17) is 4.74 Å². The van der Waals surface area contributed by atoms with Crippen LogP contribution in [0.5, 0.6) is 10.9 Å². The smallest absolute Gasteiger partial charge is 0.278 e. The summed E-state index contributed by atoms with van der Waals surface area (Å²) in [5.74, 6) is 0.845. The maximum absolute atomic E-state index is 12.0. The van der Waals surface area contributed by atoms with E-state index in [9.17, 15) is 4.79 Å². The van der Waals surface area contributed by atoms with Crippen molar-refractivity contribution in [2.24, 2.45) is 0 Å². The Bertz CT molecular complexity index is 787. The van der Waals surface area contributed by atoms with E-state index < -0.39 is 0 Å². The average molecular weight is 366 g/mol. The van der Waals surface area contributed by atoms with E-state index in [1.807, 2.05) is 35.7 Å². The molecule has 0 bridgehead atoms. The molecule has 0 aliphatic heterocycles. The zero-order chi connectivity index (χ0) is 18.0. The Morgan fingerprint density at radius 1 is 1.00 bits per heavy atom. The zero-order valence-electron chi connectivity index (χ0n) is 14.6. The van der Waals surface area contributed by atoms with Crippen molar-refractivity contribution in [2.45, 2.75) is 32.2 Å². The number of ether oxygens (including phenoxy) is 1. The maximum atomic E-state index is 12.0. The quantitative estimate of drug-likeness (QED) is 0.544. The van der Waals surface area contributed by atoms with Gasteiger partial charge in [-0.2, -0.15) is 0 Å². The van der Waals surface area contributed by atoms with Crippen molar-refractivity contribution in [1.82, 2.24) is 10.3 Å². The Morgan fingerprint density at radius 2 is 1.81 bits per heavy atom. The van der Waals surface area contributed by atoms with Gasteiger partial charge in [0.1, 0.15) is 5.75 Å². The van der Waals surface area contributed by atoms with E-state index in [1.54, 1.807) is 6.20 Å². The van der Waals surface area contributed by atoms with Crippen molar-refractivity contribution >= 4 is 17.2 Å². The lowest BCUT2D eigenvalue weighted by Gasteiger charge is -2.07. The third kappa shape index (κ3) is 6.01. The Kier molecular flexibility index (Phi) is 6.79. The minimum atomic E-state index is 0.0983. The number of aryl methyl sites for hydroxylation is 1. The third-order valence-corrected chi connectivity index (χ3v) is 4.64. The first-order valence-electron chi connectivity index (χ1n) is 8.76. The van der Waals surface area contributed by atoms with Crippen LogP contribution >= 0.6 is 11.3 Å². The molecule has 0 aliphatic rings. The molecule has 3 rings (SSSR count).